The molecule has 0 atom stereocenters. The zero-order valence-corrected chi connectivity index (χ0v) is 17.5. The van der Waals surface area contributed by atoms with Crippen molar-refractivity contribution >= 4 is 29.2 Å². The zero-order chi connectivity index (χ0) is 23.5. The molecule has 0 radical (unpaired) electrons. The molecule has 32 heavy (non-hydrogen) atoms. The van der Waals surface area contributed by atoms with Crippen LogP contribution in [0.1, 0.15) is 5.56 Å². The van der Waals surface area contributed by atoms with E-state index >= 15 is 0 Å². The first-order valence-electron chi connectivity index (χ1n) is 8.92. The molecule has 0 aliphatic carbocycles. The Labute approximate surface area is 185 Å². The molecule has 1 aliphatic rings. The summed E-state index contributed by atoms with van der Waals surface area (Å²) in [5, 5.41) is -0.0734. The van der Waals surface area contributed by atoms with Gasteiger partial charge in [0.25, 0.3) is 0 Å². The molecule has 2 aromatic rings. The molecule has 2 heterocycles. The van der Waals surface area contributed by atoms with Crippen LogP contribution >= 0.6 is 11.6 Å². The lowest BCUT2D eigenvalue weighted by atomic mass is 10.1. The first-order chi connectivity index (χ1) is 15.2. The predicted molar refractivity (Wildman–Crippen MR) is 105 cm³/mol. The van der Waals surface area contributed by atoms with Crippen molar-refractivity contribution in [1.29, 1.82) is 0 Å². The van der Waals surface area contributed by atoms with Gasteiger partial charge in [-0.2, -0.15) is 13.2 Å². The van der Waals surface area contributed by atoms with E-state index in [1.807, 2.05) is 0 Å². The predicted octanol–water partition coefficient (Wildman–Crippen LogP) is 3.94. The van der Waals surface area contributed by atoms with Crippen molar-refractivity contribution in [3.63, 3.8) is 0 Å². The van der Waals surface area contributed by atoms with E-state index in [4.69, 9.17) is 30.5 Å². The number of hydrogen-bond donors (Lipinski definition) is 0. The fourth-order valence-corrected chi connectivity index (χ4v) is 3.09. The van der Waals surface area contributed by atoms with Crippen LogP contribution in [0.4, 0.5) is 18.9 Å². The number of esters is 2. The van der Waals surface area contributed by atoms with Gasteiger partial charge in [0.05, 0.1) is 31.4 Å². The Morgan fingerprint density at radius 1 is 1.16 bits per heavy atom. The number of hydrogen-bond acceptors (Lipinski definition) is 8. The Morgan fingerprint density at radius 3 is 2.50 bits per heavy atom. The second-order valence-corrected chi connectivity index (χ2v) is 6.69. The van der Waals surface area contributed by atoms with E-state index in [-0.39, 0.29) is 35.4 Å². The van der Waals surface area contributed by atoms with Gasteiger partial charge in [-0.1, -0.05) is 11.6 Å². The lowest BCUT2D eigenvalue weighted by molar-refractivity contribution is -0.140. The highest BCUT2D eigenvalue weighted by Crippen LogP contribution is 2.39. The number of anilines is 1. The van der Waals surface area contributed by atoms with Gasteiger partial charge >= 0.3 is 18.1 Å². The first kappa shape index (κ1) is 23.4. The molecule has 0 saturated carbocycles. The highest BCUT2D eigenvalue weighted by Gasteiger charge is 2.36. The van der Waals surface area contributed by atoms with Gasteiger partial charge in [0.1, 0.15) is 23.7 Å². The average molecular weight is 473 g/mol. The maximum absolute atomic E-state index is 13.2. The monoisotopic (exact) mass is 472 g/mol. The number of methoxy groups -OCH3 is 2. The second-order valence-electron chi connectivity index (χ2n) is 6.29. The van der Waals surface area contributed by atoms with Crippen molar-refractivity contribution in [1.82, 2.24) is 4.98 Å². The summed E-state index contributed by atoms with van der Waals surface area (Å²) in [7, 11) is 2.30. The van der Waals surface area contributed by atoms with Crippen LogP contribution in [0.2, 0.25) is 5.02 Å². The van der Waals surface area contributed by atoms with Crippen molar-refractivity contribution in [3.8, 4) is 11.6 Å². The maximum atomic E-state index is 13.2. The van der Waals surface area contributed by atoms with Crippen molar-refractivity contribution in [2.24, 2.45) is 0 Å². The van der Waals surface area contributed by atoms with Crippen LogP contribution in [0.25, 0.3) is 0 Å². The Balaban J connectivity index is 1.98. The van der Waals surface area contributed by atoms with Gasteiger partial charge in [-0.05, 0) is 30.3 Å². The largest absolute Gasteiger partial charge is 0.466 e. The number of halogens is 4. The molecule has 0 N–H and O–H groups in total. The number of carbonyl (C=O) groups excluding carboxylic acids is 2. The third kappa shape index (κ3) is 4.78. The Kier molecular flexibility index (Phi) is 6.90. The molecule has 1 aliphatic heterocycles. The minimum absolute atomic E-state index is 0.0645. The molecule has 0 spiro atoms. The minimum atomic E-state index is -4.67. The summed E-state index contributed by atoms with van der Waals surface area (Å²) in [5.74, 6) is -2.36. The van der Waals surface area contributed by atoms with E-state index < -0.39 is 29.6 Å². The van der Waals surface area contributed by atoms with E-state index in [1.165, 1.54) is 23.1 Å². The van der Waals surface area contributed by atoms with Gasteiger partial charge in [-0.3, -0.25) is 0 Å². The van der Waals surface area contributed by atoms with Crippen LogP contribution in [-0.4, -0.2) is 44.5 Å². The number of alkyl halides is 3. The van der Waals surface area contributed by atoms with Crippen LogP contribution < -0.4 is 9.64 Å². The summed E-state index contributed by atoms with van der Waals surface area (Å²) in [4.78, 5) is 29.4. The zero-order valence-electron chi connectivity index (χ0n) is 16.7. The van der Waals surface area contributed by atoms with Crippen molar-refractivity contribution in [2.75, 3.05) is 32.5 Å². The quantitative estimate of drug-likeness (QED) is 0.605. The lowest BCUT2D eigenvalue weighted by Gasteiger charge is -2.31. The molecule has 1 aromatic carbocycles. The normalized spacial score (nSPS) is 14.2. The molecule has 3 rings (SSSR count). The number of aromatic nitrogens is 1. The summed E-state index contributed by atoms with van der Waals surface area (Å²) in [6, 6.07) is 6.02. The molecule has 0 unspecified atom stereocenters. The molecule has 8 nitrogen and oxygen atoms in total. The van der Waals surface area contributed by atoms with Gasteiger partial charge in [-0.25, -0.2) is 14.6 Å². The molecular formula is C20H16ClF3N2O6. The van der Waals surface area contributed by atoms with Crippen molar-refractivity contribution in [2.45, 2.75) is 6.18 Å². The number of rotatable bonds is 5. The van der Waals surface area contributed by atoms with Gasteiger partial charge in [0.2, 0.25) is 5.88 Å². The molecule has 0 amide bonds. The lowest BCUT2D eigenvalue weighted by Crippen LogP contribution is -2.38. The summed E-state index contributed by atoms with van der Waals surface area (Å²) < 4.78 is 59.7. The third-order valence-corrected chi connectivity index (χ3v) is 4.64. The van der Waals surface area contributed by atoms with Gasteiger partial charge in [-0.15, -0.1) is 0 Å². The van der Waals surface area contributed by atoms with E-state index in [9.17, 15) is 22.8 Å². The summed E-state index contributed by atoms with van der Waals surface area (Å²) in [5.41, 5.74) is -0.950. The van der Waals surface area contributed by atoms with Gasteiger partial charge in [0.15, 0.2) is 0 Å². The Bertz CT molecular complexity index is 1070. The van der Waals surface area contributed by atoms with E-state index in [0.717, 1.165) is 32.5 Å². The highest BCUT2D eigenvalue weighted by atomic mass is 35.5. The summed E-state index contributed by atoms with van der Waals surface area (Å²) in [6.07, 6.45) is -3.52. The van der Waals surface area contributed by atoms with Crippen LogP contribution in [0.15, 0.2) is 47.8 Å². The number of nitrogens with zero attached hydrogens (tertiary/aromatic N) is 2. The topological polar surface area (TPSA) is 87.2 Å². The first-order valence-corrected chi connectivity index (χ1v) is 9.29. The minimum Gasteiger partial charge on any atom is -0.466 e. The molecule has 0 fully saturated rings. The molecule has 12 heteroatoms. The fraction of sp³-hybridized carbons (Fsp3) is 0.250. The molecule has 0 bridgehead atoms. The average Bonchev–Trinajstić information content (AvgIpc) is 2.78. The van der Waals surface area contributed by atoms with Crippen LogP contribution in [-0.2, 0) is 30.0 Å². The Morgan fingerprint density at radius 2 is 1.88 bits per heavy atom. The Hall–Kier alpha value is -3.31. The van der Waals surface area contributed by atoms with Crippen molar-refractivity contribution < 1.29 is 41.7 Å². The second kappa shape index (κ2) is 9.45. The molecule has 0 saturated heterocycles. The third-order valence-electron chi connectivity index (χ3n) is 4.34. The maximum Gasteiger partial charge on any atom is 0.421 e. The van der Waals surface area contributed by atoms with Crippen LogP contribution in [0.5, 0.6) is 11.6 Å². The van der Waals surface area contributed by atoms with E-state index in [0.29, 0.717) is 5.69 Å². The molecule has 1 aromatic heterocycles. The van der Waals surface area contributed by atoms with Gasteiger partial charge < -0.3 is 23.8 Å². The molecular weight excluding hydrogens is 457 g/mol. The highest BCUT2D eigenvalue weighted by molar-refractivity contribution is 6.32. The summed E-state index contributed by atoms with van der Waals surface area (Å²) >= 11 is 6.23. The SMILES string of the molecule is COC(=O)C1=C(C(=O)OC)N(c2ccc(Oc3ncccc3C(F)(F)F)c(Cl)c2)COC1. The van der Waals surface area contributed by atoms with Crippen LogP contribution in [0, 0.1) is 0 Å². The molecule has 170 valence electrons. The smallest absolute Gasteiger partial charge is 0.421 e. The van der Waals surface area contributed by atoms with Crippen molar-refractivity contribution in [3.05, 3.63) is 58.4 Å². The number of benzene rings is 1. The van der Waals surface area contributed by atoms with E-state index in [1.54, 1.807) is 0 Å². The standard InChI is InChI=1S/C20H16ClF3N2O6/c1-29-18(27)12-9-31-10-26(16(12)19(28)30-2)11-5-6-15(14(21)8-11)32-17-13(20(22,23)24)4-3-7-25-17/h3-8H,9-10H2,1-2H3. The number of pyridine rings is 1. The summed E-state index contributed by atoms with van der Waals surface area (Å²) in [6.45, 7) is -0.303. The van der Waals surface area contributed by atoms with Crippen LogP contribution in [0.3, 0.4) is 0 Å². The van der Waals surface area contributed by atoms with Gasteiger partial charge in [0, 0.05) is 11.9 Å². The van der Waals surface area contributed by atoms with E-state index in [2.05, 4.69) is 4.98 Å². The fourth-order valence-electron chi connectivity index (χ4n) is 2.88. The number of ether oxygens (including phenoxy) is 4. The number of carbonyl (C=O) groups is 2.